The van der Waals surface area contributed by atoms with Crippen molar-refractivity contribution in [2.24, 2.45) is 5.92 Å². The summed E-state index contributed by atoms with van der Waals surface area (Å²) in [5.74, 6) is 0.464. The normalized spacial score (nSPS) is 14.2. The molecule has 2 N–H and O–H groups in total. The minimum Gasteiger partial charge on any atom is -0.366 e. The van der Waals surface area contributed by atoms with Crippen LogP contribution < -0.4 is 15.5 Å². The van der Waals surface area contributed by atoms with Gasteiger partial charge in [0.2, 0.25) is 11.8 Å². The standard InChI is InChI=1S/C20H29ClN4O2S/c1-4-5-18(26)23-20(28)22-16-13-15(21)6-7-17(16)24-8-10-25(11-9-24)19(27)12-14(2)3/h6-7,13-14H,4-5,8-12H2,1-3H3,(H2,22,23,26,28). The molecule has 2 amide bonds. The summed E-state index contributed by atoms with van der Waals surface area (Å²) < 4.78 is 0. The maximum atomic E-state index is 12.3. The van der Waals surface area contributed by atoms with Gasteiger partial charge < -0.3 is 20.4 Å². The van der Waals surface area contributed by atoms with Crippen LogP contribution in [0.4, 0.5) is 11.4 Å². The summed E-state index contributed by atoms with van der Waals surface area (Å²) in [6, 6.07) is 5.56. The number of rotatable bonds is 6. The highest BCUT2D eigenvalue weighted by atomic mass is 35.5. The van der Waals surface area contributed by atoms with Crippen molar-refractivity contribution in [3.63, 3.8) is 0 Å². The molecule has 0 saturated carbocycles. The number of carbonyl (C=O) groups excluding carboxylic acids is 2. The average molecular weight is 425 g/mol. The third-order valence-electron chi connectivity index (χ3n) is 4.49. The number of nitrogens with zero attached hydrogens (tertiary/aromatic N) is 2. The molecule has 0 radical (unpaired) electrons. The molecular weight excluding hydrogens is 396 g/mol. The fraction of sp³-hybridized carbons (Fsp3) is 0.550. The monoisotopic (exact) mass is 424 g/mol. The molecule has 0 aromatic heterocycles. The average Bonchev–Trinajstić information content (AvgIpc) is 2.61. The van der Waals surface area contributed by atoms with Crippen LogP contribution in [0, 0.1) is 5.92 Å². The molecule has 8 heteroatoms. The molecule has 1 saturated heterocycles. The predicted molar refractivity (Wildman–Crippen MR) is 119 cm³/mol. The third-order valence-corrected chi connectivity index (χ3v) is 4.93. The molecule has 1 fully saturated rings. The van der Waals surface area contributed by atoms with Gasteiger partial charge in [0.05, 0.1) is 11.4 Å². The first-order chi connectivity index (χ1) is 13.3. The lowest BCUT2D eigenvalue weighted by atomic mass is 10.1. The van der Waals surface area contributed by atoms with Crippen LogP contribution in [-0.4, -0.2) is 48.0 Å². The Hall–Kier alpha value is -1.86. The van der Waals surface area contributed by atoms with Crippen LogP contribution in [-0.2, 0) is 9.59 Å². The first kappa shape index (κ1) is 22.4. The highest BCUT2D eigenvalue weighted by Crippen LogP contribution is 2.30. The number of amides is 2. The van der Waals surface area contributed by atoms with Crippen molar-refractivity contribution in [3.05, 3.63) is 23.2 Å². The van der Waals surface area contributed by atoms with E-state index >= 15 is 0 Å². The van der Waals surface area contributed by atoms with Crippen molar-refractivity contribution in [3.8, 4) is 0 Å². The smallest absolute Gasteiger partial charge is 0.226 e. The molecular formula is C20H29ClN4O2S. The van der Waals surface area contributed by atoms with E-state index in [2.05, 4.69) is 29.4 Å². The number of thiocarbonyl (C=S) groups is 1. The SMILES string of the molecule is CCCC(=O)NC(=S)Nc1cc(Cl)ccc1N1CCN(C(=O)CC(C)C)CC1. The zero-order valence-electron chi connectivity index (χ0n) is 16.8. The second-order valence-electron chi connectivity index (χ2n) is 7.38. The zero-order valence-corrected chi connectivity index (χ0v) is 18.3. The molecule has 0 unspecified atom stereocenters. The summed E-state index contributed by atoms with van der Waals surface area (Å²) in [4.78, 5) is 28.2. The summed E-state index contributed by atoms with van der Waals surface area (Å²) in [6.45, 7) is 8.89. The van der Waals surface area contributed by atoms with E-state index in [4.69, 9.17) is 23.8 Å². The maximum absolute atomic E-state index is 12.3. The lowest BCUT2D eigenvalue weighted by Crippen LogP contribution is -2.49. The van der Waals surface area contributed by atoms with Gasteiger partial charge in [0, 0.05) is 44.0 Å². The van der Waals surface area contributed by atoms with E-state index in [9.17, 15) is 9.59 Å². The fourth-order valence-corrected chi connectivity index (χ4v) is 3.52. The minimum absolute atomic E-state index is 0.110. The quantitative estimate of drug-likeness (QED) is 0.682. The lowest BCUT2D eigenvalue weighted by Gasteiger charge is -2.37. The number of carbonyl (C=O) groups is 2. The van der Waals surface area contributed by atoms with Gasteiger partial charge in [0.15, 0.2) is 5.11 Å². The van der Waals surface area contributed by atoms with E-state index in [-0.39, 0.29) is 16.9 Å². The van der Waals surface area contributed by atoms with Gasteiger partial charge in [-0.05, 0) is 42.8 Å². The molecule has 0 aliphatic carbocycles. The maximum Gasteiger partial charge on any atom is 0.226 e. The summed E-state index contributed by atoms with van der Waals surface area (Å²) in [5, 5.41) is 6.62. The highest BCUT2D eigenvalue weighted by Gasteiger charge is 2.23. The van der Waals surface area contributed by atoms with E-state index in [0.717, 1.165) is 30.9 Å². The second-order valence-corrected chi connectivity index (χ2v) is 8.22. The van der Waals surface area contributed by atoms with Crippen LogP contribution in [0.25, 0.3) is 0 Å². The molecule has 28 heavy (non-hydrogen) atoms. The van der Waals surface area contributed by atoms with Crippen LogP contribution in [0.5, 0.6) is 0 Å². The molecule has 1 aliphatic rings. The second kappa shape index (κ2) is 10.6. The number of halogens is 1. The van der Waals surface area contributed by atoms with Gasteiger partial charge in [-0.25, -0.2) is 0 Å². The van der Waals surface area contributed by atoms with Gasteiger partial charge in [-0.2, -0.15) is 0 Å². The van der Waals surface area contributed by atoms with E-state index in [1.165, 1.54) is 0 Å². The molecule has 0 atom stereocenters. The molecule has 0 bridgehead atoms. The largest absolute Gasteiger partial charge is 0.366 e. The summed E-state index contributed by atoms with van der Waals surface area (Å²) >= 11 is 11.4. The topological polar surface area (TPSA) is 64.7 Å². The molecule has 2 rings (SSSR count). The fourth-order valence-electron chi connectivity index (χ4n) is 3.13. The minimum atomic E-state index is -0.110. The van der Waals surface area contributed by atoms with Crippen molar-refractivity contribution < 1.29 is 9.59 Å². The van der Waals surface area contributed by atoms with E-state index in [1.54, 1.807) is 6.07 Å². The van der Waals surface area contributed by atoms with Gasteiger partial charge in [-0.1, -0.05) is 32.4 Å². The third kappa shape index (κ3) is 6.63. The summed E-state index contributed by atoms with van der Waals surface area (Å²) in [7, 11) is 0. The van der Waals surface area contributed by atoms with Gasteiger partial charge >= 0.3 is 0 Å². The van der Waals surface area contributed by atoms with Crippen molar-refractivity contribution in [1.82, 2.24) is 10.2 Å². The molecule has 0 spiro atoms. The molecule has 1 aromatic carbocycles. The number of benzene rings is 1. The van der Waals surface area contributed by atoms with Crippen LogP contribution in [0.1, 0.15) is 40.0 Å². The Bertz CT molecular complexity index is 718. The zero-order chi connectivity index (χ0) is 20.7. The highest BCUT2D eigenvalue weighted by molar-refractivity contribution is 7.80. The van der Waals surface area contributed by atoms with Crippen LogP contribution in [0.2, 0.25) is 5.02 Å². The molecule has 6 nitrogen and oxygen atoms in total. The van der Waals surface area contributed by atoms with Gasteiger partial charge in [0.1, 0.15) is 0 Å². The molecule has 1 aliphatic heterocycles. The predicted octanol–water partition coefficient (Wildman–Crippen LogP) is 3.65. The lowest BCUT2D eigenvalue weighted by molar-refractivity contribution is -0.132. The Balaban J connectivity index is 2.03. The van der Waals surface area contributed by atoms with Gasteiger partial charge in [-0.3, -0.25) is 9.59 Å². The van der Waals surface area contributed by atoms with Crippen LogP contribution >= 0.6 is 23.8 Å². The van der Waals surface area contributed by atoms with Crippen LogP contribution in [0.3, 0.4) is 0 Å². The summed E-state index contributed by atoms with van der Waals surface area (Å²) in [6.07, 6.45) is 1.77. The molecule has 154 valence electrons. The Kier molecular flexibility index (Phi) is 8.51. The first-order valence-electron chi connectivity index (χ1n) is 9.73. The number of hydrogen-bond donors (Lipinski definition) is 2. The Morgan fingerprint density at radius 3 is 2.50 bits per heavy atom. The molecule has 1 aromatic rings. The Morgan fingerprint density at radius 1 is 1.21 bits per heavy atom. The van der Waals surface area contributed by atoms with Crippen molar-refractivity contribution in [2.75, 3.05) is 36.4 Å². The van der Waals surface area contributed by atoms with Gasteiger partial charge in [0.25, 0.3) is 0 Å². The Morgan fingerprint density at radius 2 is 1.89 bits per heavy atom. The Labute approximate surface area is 177 Å². The summed E-state index contributed by atoms with van der Waals surface area (Å²) in [5.41, 5.74) is 1.70. The van der Waals surface area contributed by atoms with Crippen molar-refractivity contribution in [1.29, 1.82) is 0 Å². The van der Waals surface area contributed by atoms with E-state index in [0.29, 0.717) is 36.9 Å². The number of piperazine rings is 1. The van der Waals surface area contributed by atoms with Crippen LogP contribution in [0.15, 0.2) is 18.2 Å². The van der Waals surface area contributed by atoms with E-state index < -0.39 is 0 Å². The number of hydrogen-bond acceptors (Lipinski definition) is 4. The van der Waals surface area contributed by atoms with Crippen molar-refractivity contribution in [2.45, 2.75) is 40.0 Å². The number of anilines is 2. The van der Waals surface area contributed by atoms with Gasteiger partial charge in [-0.15, -0.1) is 0 Å². The van der Waals surface area contributed by atoms with Crippen molar-refractivity contribution >= 4 is 52.1 Å². The number of nitrogens with one attached hydrogen (secondary N) is 2. The van der Waals surface area contributed by atoms with E-state index in [1.807, 2.05) is 24.0 Å². The first-order valence-corrected chi connectivity index (χ1v) is 10.5. The molecule has 1 heterocycles.